The Kier molecular flexibility index (Phi) is 5.34. The summed E-state index contributed by atoms with van der Waals surface area (Å²) in [5.41, 5.74) is 9.44. The molecule has 1 fully saturated rings. The first-order valence-electron chi connectivity index (χ1n) is 12.1. The maximum atomic E-state index is 4.82. The summed E-state index contributed by atoms with van der Waals surface area (Å²) in [6.45, 7) is 4.39. The minimum absolute atomic E-state index is 0. The first-order valence-corrected chi connectivity index (χ1v) is 12.1. The van der Waals surface area contributed by atoms with E-state index < -0.39 is 0 Å². The molecule has 4 aromatic rings. The molecular weight excluding hydrogens is 418 g/mol. The number of hydrogen-bond donors (Lipinski definition) is 1. The Hall–Kier alpha value is -3.57. The summed E-state index contributed by atoms with van der Waals surface area (Å²) in [4.78, 5) is 16.4. The molecule has 0 amide bonds. The molecule has 0 saturated carbocycles. The van der Waals surface area contributed by atoms with Crippen molar-refractivity contribution in [3.8, 4) is 11.1 Å². The third kappa shape index (κ3) is 3.86. The lowest BCUT2D eigenvalue weighted by atomic mass is 9.95. The molecule has 1 aliphatic carbocycles. The van der Waals surface area contributed by atoms with E-state index >= 15 is 0 Å². The molecule has 6 rings (SSSR count). The highest BCUT2D eigenvalue weighted by Crippen LogP contribution is 2.36. The van der Waals surface area contributed by atoms with Crippen molar-refractivity contribution >= 4 is 22.3 Å². The number of hydrogen-bond acceptors (Lipinski definition) is 5. The molecule has 2 aromatic heterocycles. The zero-order valence-electron chi connectivity index (χ0n) is 19.8. The number of rotatable bonds is 4. The fourth-order valence-electron chi connectivity index (χ4n) is 5.20. The van der Waals surface area contributed by atoms with Gasteiger partial charge >= 0.3 is 0 Å². The van der Waals surface area contributed by atoms with Crippen LogP contribution < -0.4 is 5.32 Å². The minimum atomic E-state index is 0. The lowest BCUT2D eigenvalue weighted by Gasteiger charge is -2.30. The second kappa shape index (κ2) is 8.65. The van der Waals surface area contributed by atoms with Gasteiger partial charge in [0, 0.05) is 36.6 Å². The van der Waals surface area contributed by atoms with Gasteiger partial charge in [-0.15, -0.1) is 0 Å². The van der Waals surface area contributed by atoms with Gasteiger partial charge in [0.25, 0.3) is 0 Å². The Morgan fingerprint density at radius 2 is 1.79 bits per heavy atom. The second-order valence-corrected chi connectivity index (χ2v) is 9.53. The van der Waals surface area contributed by atoms with Crippen molar-refractivity contribution in [3.05, 3.63) is 89.5 Å². The third-order valence-electron chi connectivity index (χ3n) is 7.22. The van der Waals surface area contributed by atoms with E-state index in [-0.39, 0.29) is 1.43 Å². The molecule has 0 bridgehead atoms. The highest BCUT2D eigenvalue weighted by molar-refractivity contribution is 5.95. The van der Waals surface area contributed by atoms with Crippen LogP contribution in [0.1, 0.15) is 36.7 Å². The van der Waals surface area contributed by atoms with Crippen LogP contribution in [0.3, 0.4) is 0 Å². The molecule has 3 heterocycles. The van der Waals surface area contributed by atoms with Crippen LogP contribution in [0.5, 0.6) is 0 Å². The predicted octanol–water partition coefficient (Wildman–Crippen LogP) is 5.74. The molecule has 5 nitrogen and oxygen atoms in total. The summed E-state index contributed by atoms with van der Waals surface area (Å²) in [7, 11) is 2.19. The van der Waals surface area contributed by atoms with Gasteiger partial charge in [0.05, 0.1) is 11.2 Å². The number of nitrogens with zero attached hydrogens (tertiary/aromatic N) is 4. The number of aryl methyl sites for hydroxylation is 1. The number of allylic oxidation sites excluding steroid dienone is 1. The minimum Gasteiger partial charge on any atom is -0.367 e. The Morgan fingerprint density at radius 3 is 2.65 bits per heavy atom. The molecule has 0 unspecified atom stereocenters. The number of benzene rings is 2. The standard InChI is InChI=1S/C29H29N5.H2/c1-19-5-3-4-6-23(19)21-16-25-24(8-10-27(25)30-17-21)20-7-9-28-26(15-20)29(32-18-31-28)33-22-11-13-34(2)14-12-22;/h3-9,15-18,22H,10-14H2,1-2H3,(H,31,32,33);1H. The predicted molar refractivity (Wildman–Crippen MR) is 141 cm³/mol. The van der Waals surface area contributed by atoms with E-state index in [9.17, 15) is 0 Å². The fourth-order valence-corrected chi connectivity index (χ4v) is 5.20. The van der Waals surface area contributed by atoms with Gasteiger partial charge in [0.1, 0.15) is 12.1 Å². The van der Waals surface area contributed by atoms with Gasteiger partial charge in [-0.05, 0) is 80.4 Å². The smallest absolute Gasteiger partial charge is 0.137 e. The van der Waals surface area contributed by atoms with Crippen molar-refractivity contribution in [1.29, 1.82) is 0 Å². The summed E-state index contributed by atoms with van der Waals surface area (Å²) in [6, 6.07) is 17.8. The van der Waals surface area contributed by atoms with E-state index in [2.05, 4.69) is 88.8 Å². The van der Waals surface area contributed by atoms with Crippen molar-refractivity contribution in [2.24, 2.45) is 0 Å². The van der Waals surface area contributed by atoms with Crippen molar-refractivity contribution in [2.45, 2.75) is 32.2 Å². The number of nitrogens with one attached hydrogen (secondary N) is 1. The molecule has 0 spiro atoms. The lowest BCUT2D eigenvalue weighted by molar-refractivity contribution is 0.264. The van der Waals surface area contributed by atoms with E-state index in [1.165, 1.54) is 33.4 Å². The van der Waals surface area contributed by atoms with Crippen LogP contribution in [0.4, 0.5) is 5.82 Å². The van der Waals surface area contributed by atoms with Crippen molar-refractivity contribution in [3.63, 3.8) is 0 Å². The summed E-state index contributed by atoms with van der Waals surface area (Å²) in [5.74, 6) is 0.937. The Bertz CT molecular complexity index is 1410. The van der Waals surface area contributed by atoms with Crippen molar-refractivity contribution < 1.29 is 1.43 Å². The van der Waals surface area contributed by atoms with Gasteiger partial charge in [0.15, 0.2) is 0 Å². The molecule has 2 aromatic carbocycles. The monoisotopic (exact) mass is 449 g/mol. The first kappa shape index (κ1) is 21.0. The summed E-state index contributed by atoms with van der Waals surface area (Å²) in [5, 5.41) is 4.79. The SMILES string of the molecule is Cc1ccccc1-c1cnc2c(c1)C(c1ccc3ncnc(NC4CCN(C)CC4)c3c1)=CC2.[HH]. The third-order valence-corrected chi connectivity index (χ3v) is 7.22. The topological polar surface area (TPSA) is 53.9 Å². The van der Waals surface area contributed by atoms with E-state index in [0.717, 1.165) is 54.8 Å². The van der Waals surface area contributed by atoms with E-state index in [0.29, 0.717) is 6.04 Å². The molecular formula is C29H31N5. The van der Waals surface area contributed by atoms with Gasteiger partial charge in [-0.3, -0.25) is 4.98 Å². The average molecular weight is 450 g/mol. The highest BCUT2D eigenvalue weighted by atomic mass is 15.1. The molecule has 172 valence electrons. The maximum absolute atomic E-state index is 4.82. The second-order valence-electron chi connectivity index (χ2n) is 9.53. The molecule has 0 radical (unpaired) electrons. The van der Waals surface area contributed by atoms with Crippen LogP contribution in [-0.4, -0.2) is 46.0 Å². The molecule has 1 N–H and O–H groups in total. The number of aromatic nitrogens is 3. The Morgan fingerprint density at radius 1 is 0.941 bits per heavy atom. The van der Waals surface area contributed by atoms with Gasteiger partial charge in [-0.25, -0.2) is 9.97 Å². The number of piperidine rings is 1. The van der Waals surface area contributed by atoms with Gasteiger partial charge < -0.3 is 10.2 Å². The van der Waals surface area contributed by atoms with Crippen LogP contribution in [0.15, 0.2) is 67.1 Å². The maximum Gasteiger partial charge on any atom is 0.137 e. The van der Waals surface area contributed by atoms with Gasteiger partial charge in [-0.2, -0.15) is 0 Å². The zero-order chi connectivity index (χ0) is 23.1. The molecule has 1 saturated heterocycles. The van der Waals surface area contributed by atoms with E-state index in [1.807, 2.05) is 6.20 Å². The lowest BCUT2D eigenvalue weighted by Crippen LogP contribution is -2.36. The first-order chi connectivity index (χ1) is 16.7. The van der Waals surface area contributed by atoms with Crippen molar-refractivity contribution in [2.75, 3.05) is 25.5 Å². The molecule has 34 heavy (non-hydrogen) atoms. The molecule has 1 aliphatic heterocycles. The summed E-state index contributed by atoms with van der Waals surface area (Å²) >= 11 is 0. The fraction of sp³-hybridized carbons (Fsp3) is 0.276. The zero-order valence-corrected chi connectivity index (χ0v) is 19.8. The van der Waals surface area contributed by atoms with Gasteiger partial charge in [0.2, 0.25) is 0 Å². The number of likely N-dealkylation sites (tertiary alicyclic amines) is 1. The Balaban J connectivity index is 0.00000253. The van der Waals surface area contributed by atoms with Gasteiger partial charge in [-0.1, -0.05) is 36.4 Å². The summed E-state index contributed by atoms with van der Waals surface area (Å²) < 4.78 is 0. The Labute approximate surface area is 202 Å². The van der Waals surface area contributed by atoms with Crippen LogP contribution >= 0.6 is 0 Å². The molecule has 5 heteroatoms. The van der Waals surface area contributed by atoms with Crippen LogP contribution in [0.25, 0.3) is 27.6 Å². The van der Waals surface area contributed by atoms with Crippen LogP contribution in [0.2, 0.25) is 0 Å². The quantitative estimate of drug-likeness (QED) is 0.431. The average Bonchev–Trinajstić information content (AvgIpc) is 3.29. The largest absolute Gasteiger partial charge is 0.367 e. The van der Waals surface area contributed by atoms with Crippen LogP contribution in [-0.2, 0) is 6.42 Å². The van der Waals surface area contributed by atoms with Crippen LogP contribution in [0, 0.1) is 6.92 Å². The van der Waals surface area contributed by atoms with E-state index in [4.69, 9.17) is 4.98 Å². The summed E-state index contributed by atoms with van der Waals surface area (Å²) in [6.07, 6.45) is 9.11. The van der Waals surface area contributed by atoms with E-state index in [1.54, 1.807) is 6.33 Å². The number of anilines is 1. The number of pyridine rings is 1. The molecule has 2 aliphatic rings. The van der Waals surface area contributed by atoms with Crippen molar-refractivity contribution in [1.82, 2.24) is 19.9 Å². The molecule has 0 atom stereocenters. The highest BCUT2D eigenvalue weighted by Gasteiger charge is 2.21. The number of fused-ring (bicyclic) bond motifs is 2. The normalized spacial score (nSPS) is 16.5.